The van der Waals surface area contributed by atoms with E-state index in [9.17, 15) is 0 Å². The van der Waals surface area contributed by atoms with Gasteiger partial charge in [0.05, 0.1) is 0 Å². The van der Waals surface area contributed by atoms with Gasteiger partial charge in [0.2, 0.25) is 5.95 Å². The molecule has 1 aliphatic heterocycles. The Balaban J connectivity index is 1.39. The first-order chi connectivity index (χ1) is 13.8. The third kappa shape index (κ3) is 4.70. The first-order valence-corrected chi connectivity index (χ1v) is 10.2. The molecular formula is C23H25ClN4. The fourth-order valence-electron chi connectivity index (χ4n) is 3.84. The molecule has 0 bridgehead atoms. The second-order valence-corrected chi connectivity index (χ2v) is 7.62. The third-order valence-corrected chi connectivity index (χ3v) is 5.67. The van der Waals surface area contributed by atoms with Crippen molar-refractivity contribution in [3.8, 4) is 0 Å². The van der Waals surface area contributed by atoms with Crippen molar-refractivity contribution in [1.29, 1.82) is 0 Å². The molecule has 4 rings (SSSR count). The molecule has 1 unspecified atom stereocenters. The van der Waals surface area contributed by atoms with Gasteiger partial charge in [-0.1, -0.05) is 54.1 Å². The fourth-order valence-corrected chi connectivity index (χ4v) is 3.97. The summed E-state index contributed by atoms with van der Waals surface area (Å²) in [6.07, 6.45) is 4.71. The van der Waals surface area contributed by atoms with Crippen LogP contribution in [0.25, 0.3) is 0 Å². The molecule has 0 saturated carbocycles. The molecule has 0 amide bonds. The highest BCUT2D eigenvalue weighted by molar-refractivity contribution is 6.30. The lowest BCUT2D eigenvalue weighted by atomic mass is 9.88. The normalized spacial score (nSPS) is 16.1. The first kappa shape index (κ1) is 18.9. The van der Waals surface area contributed by atoms with Crippen molar-refractivity contribution < 1.29 is 0 Å². The van der Waals surface area contributed by atoms with Crippen molar-refractivity contribution >= 4 is 17.5 Å². The molecule has 144 valence electrons. The van der Waals surface area contributed by atoms with E-state index in [1.807, 2.05) is 30.6 Å². The zero-order valence-corrected chi connectivity index (χ0v) is 16.7. The highest BCUT2D eigenvalue weighted by atomic mass is 35.5. The van der Waals surface area contributed by atoms with Crippen molar-refractivity contribution in [3.63, 3.8) is 0 Å². The van der Waals surface area contributed by atoms with Gasteiger partial charge in [-0.2, -0.15) is 0 Å². The lowest BCUT2D eigenvalue weighted by Gasteiger charge is -2.35. The Morgan fingerprint density at radius 3 is 2.11 bits per heavy atom. The SMILES string of the molecule is Clc1ccc(C(CCN2CCN(c3ncccn3)CC2)c2ccccc2)cc1. The van der Waals surface area contributed by atoms with E-state index >= 15 is 0 Å². The van der Waals surface area contributed by atoms with Crippen molar-refractivity contribution in [2.75, 3.05) is 37.6 Å². The van der Waals surface area contributed by atoms with Gasteiger partial charge >= 0.3 is 0 Å². The van der Waals surface area contributed by atoms with E-state index in [1.165, 1.54) is 11.1 Å². The summed E-state index contributed by atoms with van der Waals surface area (Å²) in [5.74, 6) is 1.22. The van der Waals surface area contributed by atoms with E-state index in [0.717, 1.165) is 50.1 Å². The second kappa shape index (κ2) is 9.18. The summed E-state index contributed by atoms with van der Waals surface area (Å²) in [6.45, 7) is 5.11. The van der Waals surface area contributed by atoms with Gasteiger partial charge in [0.1, 0.15) is 0 Å². The highest BCUT2D eigenvalue weighted by Crippen LogP contribution is 2.29. The number of piperazine rings is 1. The van der Waals surface area contributed by atoms with Crippen LogP contribution in [0.15, 0.2) is 73.1 Å². The van der Waals surface area contributed by atoms with Crippen LogP contribution in [0.3, 0.4) is 0 Å². The standard InChI is InChI=1S/C23H25ClN4/c24-21-9-7-20(8-10-21)22(19-5-2-1-3-6-19)11-14-27-15-17-28(18-16-27)23-25-12-4-13-26-23/h1-10,12-13,22H,11,14-18H2. The summed E-state index contributed by atoms with van der Waals surface area (Å²) in [5, 5.41) is 0.787. The highest BCUT2D eigenvalue weighted by Gasteiger charge is 2.21. The van der Waals surface area contributed by atoms with Crippen molar-refractivity contribution in [2.24, 2.45) is 0 Å². The number of hydrogen-bond donors (Lipinski definition) is 0. The summed E-state index contributed by atoms with van der Waals surface area (Å²) in [5.41, 5.74) is 2.69. The molecule has 28 heavy (non-hydrogen) atoms. The second-order valence-electron chi connectivity index (χ2n) is 7.18. The average Bonchev–Trinajstić information content (AvgIpc) is 2.77. The predicted octanol–water partition coefficient (Wildman–Crippen LogP) is 4.47. The molecule has 1 saturated heterocycles. The molecule has 1 atom stereocenters. The summed E-state index contributed by atoms with van der Waals surface area (Å²) < 4.78 is 0. The molecule has 4 nitrogen and oxygen atoms in total. The van der Waals surface area contributed by atoms with Crippen LogP contribution in [0.5, 0.6) is 0 Å². The van der Waals surface area contributed by atoms with E-state index in [2.05, 4.69) is 62.2 Å². The van der Waals surface area contributed by atoms with Crippen LogP contribution in [0.1, 0.15) is 23.5 Å². The Bertz CT molecular complexity index is 847. The van der Waals surface area contributed by atoms with Crippen LogP contribution in [0, 0.1) is 0 Å². The van der Waals surface area contributed by atoms with Crippen LogP contribution in [-0.4, -0.2) is 47.6 Å². The zero-order valence-electron chi connectivity index (χ0n) is 15.9. The lowest BCUT2D eigenvalue weighted by Crippen LogP contribution is -2.47. The molecule has 1 aromatic heterocycles. The van der Waals surface area contributed by atoms with Gasteiger partial charge in [-0.3, -0.25) is 4.90 Å². The van der Waals surface area contributed by atoms with Gasteiger partial charge in [-0.05, 0) is 42.3 Å². The van der Waals surface area contributed by atoms with Gasteiger partial charge < -0.3 is 4.90 Å². The Morgan fingerprint density at radius 1 is 0.786 bits per heavy atom. The number of halogens is 1. The van der Waals surface area contributed by atoms with Gasteiger partial charge in [0.15, 0.2) is 0 Å². The molecule has 3 aromatic rings. The van der Waals surface area contributed by atoms with Crippen LogP contribution >= 0.6 is 11.6 Å². The molecule has 1 aliphatic rings. The zero-order chi connectivity index (χ0) is 19.2. The molecule has 0 N–H and O–H groups in total. The Morgan fingerprint density at radius 2 is 1.43 bits per heavy atom. The Kier molecular flexibility index (Phi) is 6.20. The van der Waals surface area contributed by atoms with Crippen molar-refractivity contribution in [3.05, 3.63) is 89.2 Å². The summed E-state index contributed by atoms with van der Waals surface area (Å²) in [4.78, 5) is 13.6. The number of nitrogens with zero attached hydrogens (tertiary/aromatic N) is 4. The molecule has 0 aliphatic carbocycles. The fraction of sp³-hybridized carbons (Fsp3) is 0.304. The monoisotopic (exact) mass is 392 g/mol. The van der Waals surface area contributed by atoms with Crippen molar-refractivity contribution in [1.82, 2.24) is 14.9 Å². The first-order valence-electron chi connectivity index (χ1n) is 9.84. The van der Waals surface area contributed by atoms with Gasteiger partial charge in [-0.15, -0.1) is 0 Å². The van der Waals surface area contributed by atoms with Gasteiger partial charge in [0.25, 0.3) is 0 Å². The molecule has 2 aromatic carbocycles. The molecule has 0 radical (unpaired) electrons. The van der Waals surface area contributed by atoms with E-state index in [-0.39, 0.29) is 0 Å². The van der Waals surface area contributed by atoms with Crippen molar-refractivity contribution in [2.45, 2.75) is 12.3 Å². The average molecular weight is 393 g/mol. The molecular weight excluding hydrogens is 368 g/mol. The van der Waals surface area contributed by atoms with Crippen LogP contribution in [0.4, 0.5) is 5.95 Å². The number of hydrogen-bond acceptors (Lipinski definition) is 4. The van der Waals surface area contributed by atoms with Crippen LogP contribution in [-0.2, 0) is 0 Å². The number of rotatable bonds is 6. The lowest BCUT2D eigenvalue weighted by molar-refractivity contribution is 0.250. The smallest absolute Gasteiger partial charge is 0.225 e. The molecule has 1 fully saturated rings. The summed E-state index contributed by atoms with van der Waals surface area (Å²) in [6, 6.07) is 20.9. The van der Waals surface area contributed by atoms with Crippen LogP contribution < -0.4 is 4.90 Å². The minimum atomic E-state index is 0.383. The van der Waals surface area contributed by atoms with E-state index in [4.69, 9.17) is 11.6 Å². The Hall–Kier alpha value is -2.43. The van der Waals surface area contributed by atoms with Gasteiger partial charge in [-0.25, -0.2) is 9.97 Å². The third-order valence-electron chi connectivity index (χ3n) is 5.42. The number of aromatic nitrogens is 2. The van der Waals surface area contributed by atoms with E-state index in [0.29, 0.717) is 5.92 Å². The topological polar surface area (TPSA) is 32.3 Å². The number of anilines is 1. The largest absolute Gasteiger partial charge is 0.338 e. The minimum absolute atomic E-state index is 0.383. The quantitative estimate of drug-likeness (QED) is 0.619. The maximum absolute atomic E-state index is 6.10. The summed E-state index contributed by atoms with van der Waals surface area (Å²) >= 11 is 6.10. The molecule has 5 heteroatoms. The minimum Gasteiger partial charge on any atom is -0.338 e. The van der Waals surface area contributed by atoms with E-state index < -0.39 is 0 Å². The molecule has 2 heterocycles. The Labute approximate surface area is 171 Å². The number of benzene rings is 2. The maximum Gasteiger partial charge on any atom is 0.225 e. The van der Waals surface area contributed by atoms with E-state index in [1.54, 1.807) is 0 Å². The predicted molar refractivity (Wildman–Crippen MR) is 115 cm³/mol. The molecule has 0 spiro atoms. The summed E-state index contributed by atoms with van der Waals surface area (Å²) in [7, 11) is 0. The maximum atomic E-state index is 6.10. The van der Waals surface area contributed by atoms with Crippen LogP contribution in [0.2, 0.25) is 5.02 Å². The van der Waals surface area contributed by atoms with Gasteiger partial charge in [0, 0.05) is 49.5 Å².